The minimum absolute atomic E-state index is 0.140. The van der Waals surface area contributed by atoms with Gasteiger partial charge in [0.05, 0.1) is 5.56 Å². The highest BCUT2D eigenvalue weighted by molar-refractivity contribution is 6.03. The van der Waals surface area contributed by atoms with Gasteiger partial charge in [-0.2, -0.15) is 0 Å². The molecular formula is C12H12FN3O3. The zero-order chi connectivity index (χ0) is 14.0. The third kappa shape index (κ3) is 2.87. The molecule has 3 amide bonds. The maximum Gasteiger partial charge on any atom is 0.254 e. The molecule has 0 radical (unpaired) electrons. The molecule has 0 aliphatic carbocycles. The molecule has 0 saturated carbocycles. The Kier molecular flexibility index (Phi) is 3.46. The predicted molar refractivity (Wildman–Crippen MR) is 64.5 cm³/mol. The van der Waals surface area contributed by atoms with E-state index >= 15 is 0 Å². The van der Waals surface area contributed by atoms with Gasteiger partial charge in [0, 0.05) is 12.1 Å². The van der Waals surface area contributed by atoms with E-state index in [-0.39, 0.29) is 30.0 Å². The highest BCUT2D eigenvalue weighted by Gasteiger charge is 2.28. The summed E-state index contributed by atoms with van der Waals surface area (Å²) in [6.45, 7) is 0. The number of nitrogens with one attached hydrogen (secondary N) is 2. The second-order valence-corrected chi connectivity index (χ2v) is 4.22. The van der Waals surface area contributed by atoms with Crippen LogP contribution in [0.25, 0.3) is 0 Å². The van der Waals surface area contributed by atoms with E-state index in [1.807, 2.05) is 0 Å². The number of hydrogen-bond donors (Lipinski definition) is 3. The van der Waals surface area contributed by atoms with Crippen molar-refractivity contribution < 1.29 is 18.8 Å². The summed E-state index contributed by atoms with van der Waals surface area (Å²) < 4.78 is 13.5. The van der Waals surface area contributed by atoms with Crippen molar-refractivity contribution in [2.75, 3.05) is 5.73 Å². The van der Waals surface area contributed by atoms with Gasteiger partial charge in [0.15, 0.2) is 0 Å². The molecule has 19 heavy (non-hydrogen) atoms. The highest BCUT2D eigenvalue weighted by Crippen LogP contribution is 2.13. The number of benzene rings is 1. The van der Waals surface area contributed by atoms with Crippen molar-refractivity contribution in [2.24, 2.45) is 0 Å². The fraction of sp³-hybridized carbons (Fsp3) is 0.250. The summed E-state index contributed by atoms with van der Waals surface area (Å²) in [5.74, 6) is -2.44. The number of piperidine rings is 1. The van der Waals surface area contributed by atoms with Crippen molar-refractivity contribution in [1.82, 2.24) is 10.6 Å². The van der Waals surface area contributed by atoms with Crippen LogP contribution in [0.15, 0.2) is 18.2 Å². The average Bonchev–Trinajstić information content (AvgIpc) is 2.32. The lowest BCUT2D eigenvalue weighted by molar-refractivity contribution is -0.134. The van der Waals surface area contributed by atoms with Crippen molar-refractivity contribution in [3.05, 3.63) is 29.6 Å². The fourth-order valence-corrected chi connectivity index (χ4v) is 1.78. The summed E-state index contributed by atoms with van der Waals surface area (Å²) in [6, 6.07) is 2.83. The van der Waals surface area contributed by atoms with Crippen LogP contribution < -0.4 is 16.4 Å². The Morgan fingerprint density at radius 3 is 2.79 bits per heavy atom. The maximum absolute atomic E-state index is 13.5. The van der Waals surface area contributed by atoms with E-state index in [1.165, 1.54) is 12.1 Å². The lowest BCUT2D eigenvalue weighted by Gasteiger charge is -2.21. The van der Waals surface area contributed by atoms with Crippen molar-refractivity contribution in [3.8, 4) is 0 Å². The van der Waals surface area contributed by atoms with Gasteiger partial charge in [-0.25, -0.2) is 4.39 Å². The van der Waals surface area contributed by atoms with Gasteiger partial charge >= 0.3 is 0 Å². The number of nitrogen functional groups attached to an aromatic ring is 1. The Bertz CT molecular complexity index is 559. The van der Waals surface area contributed by atoms with Crippen LogP contribution in [0.1, 0.15) is 23.2 Å². The first-order valence-corrected chi connectivity index (χ1v) is 5.67. The van der Waals surface area contributed by atoms with Gasteiger partial charge in [-0.05, 0) is 24.6 Å². The first kappa shape index (κ1) is 13.0. The van der Waals surface area contributed by atoms with Gasteiger partial charge in [-0.15, -0.1) is 0 Å². The molecule has 100 valence electrons. The van der Waals surface area contributed by atoms with Crippen LogP contribution in [-0.4, -0.2) is 23.8 Å². The predicted octanol–water partition coefficient (Wildman–Crippen LogP) is -0.0571. The van der Waals surface area contributed by atoms with E-state index in [0.29, 0.717) is 0 Å². The van der Waals surface area contributed by atoms with E-state index in [4.69, 9.17) is 5.73 Å². The molecular weight excluding hydrogens is 253 g/mol. The zero-order valence-electron chi connectivity index (χ0n) is 9.90. The van der Waals surface area contributed by atoms with Crippen LogP contribution in [0.2, 0.25) is 0 Å². The highest BCUT2D eigenvalue weighted by atomic mass is 19.1. The largest absolute Gasteiger partial charge is 0.399 e. The van der Waals surface area contributed by atoms with Gasteiger partial charge in [0.25, 0.3) is 5.91 Å². The Labute approximate surface area is 108 Å². The Balaban J connectivity index is 2.09. The number of carbonyl (C=O) groups excluding carboxylic acids is 3. The van der Waals surface area contributed by atoms with Crippen molar-refractivity contribution in [2.45, 2.75) is 18.9 Å². The number of hydrogen-bond acceptors (Lipinski definition) is 4. The van der Waals surface area contributed by atoms with Crippen LogP contribution in [0, 0.1) is 5.82 Å². The van der Waals surface area contributed by atoms with Crippen LogP contribution >= 0.6 is 0 Å². The Morgan fingerprint density at radius 1 is 1.42 bits per heavy atom. The third-order valence-electron chi connectivity index (χ3n) is 2.78. The number of amides is 3. The van der Waals surface area contributed by atoms with Crippen LogP contribution in [-0.2, 0) is 9.59 Å². The van der Waals surface area contributed by atoms with Crippen LogP contribution in [0.3, 0.4) is 0 Å². The summed E-state index contributed by atoms with van der Waals surface area (Å²) >= 11 is 0. The monoisotopic (exact) mass is 265 g/mol. The molecule has 1 fully saturated rings. The zero-order valence-corrected chi connectivity index (χ0v) is 9.90. The molecule has 7 heteroatoms. The summed E-state index contributed by atoms with van der Waals surface area (Å²) in [6.07, 6.45) is 0.341. The topological polar surface area (TPSA) is 101 Å². The number of rotatable bonds is 2. The number of anilines is 1. The van der Waals surface area contributed by atoms with Crippen LogP contribution in [0.5, 0.6) is 0 Å². The standard InChI is InChI=1S/C12H12FN3O3/c13-8-5-6(14)1-2-7(8)11(18)15-9-3-4-10(17)16-12(9)19/h1-2,5,9H,3-4,14H2,(H,15,18)(H,16,17,19). The summed E-state index contributed by atoms with van der Waals surface area (Å²) in [5, 5.41) is 4.49. The van der Waals surface area contributed by atoms with Gasteiger partial charge in [-0.3, -0.25) is 19.7 Å². The van der Waals surface area contributed by atoms with Gasteiger partial charge in [0.1, 0.15) is 11.9 Å². The molecule has 1 aromatic carbocycles. The summed E-state index contributed by atoms with van der Waals surface area (Å²) in [5.41, 5.74) is 5.38. The SMILES string of the molecule is Nc1ccc(C(=O)NC2CCC(=O)NC2=O)c(F)c1. The Hall–Kier alpha value is -2.44. The first-order chi connectivity index (χ1) is 8.97. The Morgan fingerprint density at radius 2 is 2.16 bits per heavy atom. The molecule has 1 saturated heterocycles. The molecule has 1 aromatic rings. The lowest BCUT2D eigenvalue weighted by atomic mass is 10.1. The number of halogens is 1. The quantitative estimate of drug-likeness (QED) is 0.515. The molecule has 1 aliphatic heterocycles. The van der Waals surface area contributed by atoms with Gasteiger partial charge in [-0.1, -0.05) is 0 Å². The fourth-order valence-electron chi connectivity index (χ4n) is 1.78. The molecule has 0 spiro atoms. The van der Waals surface area contributed by atoms with E-state index in [1.54, 1.807) is 0 Å². The molecule has 1 aliphatic rings. The van der Waals surface area contributed by atoms with Gasteiger partial charge in [0.2, 0.25) is 11.8 Å². The molecule has 6 nitrogen and oxygen atoms in total. The van der Waals surface area contributed by atoms with E-state index < -0.39 is 23.7 Å². The number of imide groups is 1. The second kappa shape index (κ2) is 5.05. The molecule has 1 atom stereocenters. The van der Waals surface area contributed by atoms with Crippen LogP contribution in [0.4, 0.5) is 10.1 Å². The molecule has 1 heterocycles. The van der Waals surface area contributed by atoms with E-state index in [2.05, 4.69) is 10.6 Å². The summed E-state index contributed by atoms with van der Waals surface area (Å²) in [4.78, 5) is 34.2. The molecule has 0 aromatic heterocycles. The smallest absolute Gasteiger partial charge is 0.254 e. The van der Waals surface area contributed by atoms with Crippen molar-refractivity contribution in [3.63, 3.8) is 0 Å². The number of carbonyl (C=O) groups is 3. The summed E-state index contributed by atoms with van der Waals surface area (Å²) in [7, 11) is 0. The van der Waals surface area contributed by atoms with Crippen molar-refractivity contribution in [1.29, 1.82) is 0 Å². The van der Waals surface area contributed by atoms with E-state index in [9.17, 15) is 18.8 Å². The lowest BCUT2D eigenvalue weighted by Crippen LogP contribution is -2.52. The normalized spacial score (nSPS) is 18.9. The average molecular weight is 265 g/mol. The minimum atomic E-state index is -0.831. The maximum atomic E-state index is 13.5. The second-order valence-electron chi connectivity index (χ2n) is 4.22. The third-order valence-corrected chi connectivity index (χ3v) is 2.78. The van der Waals surface area contributed by atoms with Gasteiger partial charge < -0.3 is 11.1 Å². The van der Waals surface area contributed by atoms with Crippen molar-refractivity contribution >= 4 is 23.4 Å². The molecule has 2 rings (SSSR count). The first-order valence-electron chi connectivity index (χ1n) is 5.67. The number of nitrogens with two attached hydrogens (primary N) is 1. The minimum Gasteiger partial charge on any atom is -0.399 e. The van der Waals surface area contributed by atoms with E-state index in [0.717, 1.165) is 6.07 Å². The molecule has 1 unspecified atom stereocenters. The molecule has 4 N–H and O–H groups in total. The molecule has 0 bridgehead atoms.